The molecule has 2 N–H and O–H groups in total. The Bertz CT molecular complexity index is 611. The maximum Gasteiger partial charge on any atom is 0.338 e. The molecule has 0 aliphatic rings. The van der Waals surface area contributed by atoms with Gasteiger partial charge >= 0.3 is 5.97 Å². The molecule has 0 saturated heterocycles. The van der Waals surface area contributed by atoms with Crippen molar-refractivity contribution in [3.8, 4) is 0 Å². The Morgan fingerprint density at radius 3 is 2.30 bits per heavy atom. The molecule has 0 aromatic heterocycles. The number of hydrogen-bond acceptors (Lipinski definition) is 3. The van der Waals surface area contributed by atoms with Gasteiger partial charge in [0.05, 0.1) is 12.2 Å². The van der Waals surface area contributed by atoms with Crippen LogP contribution in [0, 0.1) is 5.82 Å². The zero-order chi connectivity index (χ0) is 14.5. The van der Waals surface area contributed by atoms with Crippen molar-refractivity contribution in [3.63, 3.8) is 0 Å². The fourth-order valence-corrected chi connectivity index (χ4v) is 2.52. The maximum absolute atomic E-state index is 13.5. The third kappa shape index (κ3) is 3.59. The van der Waals surface area contributed by atoms with Crippen LogP contribution >= 0.6 is 11.8 Å². The number of thioether (sulfide) groups is 1. The van der Waals surface area contributed by atoms with E-state index in [4.69, 9.17) is 10.2 Å². The molecule has 2 aromatic carbocycles. The van der Waals surface area contributed by atoms with E-state index in [1.54, 1.807) is 6.07 Å². The first-order valence-electron chi connectivity index (χ1n) is 5.94. The third-order valence-corrected chi connectivity index (χ3v) is 3.86. The predicted molar refractivity (Wildman–Crippen MR) is 75.3 cm³/mol. The molecule has 0 amide bonds. The summed E-state index contributed by atoms with van der Waals surface area (Å²) in [6.07, 6.45) is 0. The van der Waals surface area contributed by atoms with Crippen molar-refractivity contribution in [2.45, 2.75) is 17.3 Å². The lowest BCUT2D eigenvalue weighted by atomic mass is 10.1. The van der Waals surface area contributed by atoms with E-state index in [0.29, 0.717) is 5.75 Å². The average Bonchev–Trinajstić information content (AvgIpc) is 2.45. The summed E-state index contributed by atoms with van der Waals surface area (Å²) in [7, 11) is 0. The van der Waals surface area contributed by atoms with Crippen LogP contribution < -0.4 is 0 Å². The minimum atomic E-state index is -1.26. The summed E-state index contributed by atoms with van der Waals surface area (Å²) in [5, 5.41) is 17.7. The molecule has 20 heavy (non-hydrogen) atoms. The minimum absolute atomic E-state index is 0.00675. The molecule has 0 fully saturated rings. The van der Waals surface area contributed by atoms with Gasteiger partial charge in [0.15, 0.2) is 0 Å². The largest absolute Gasteiger partial charge is 0.478 e. The highest BCUT2D eigenvalue weighted by molar-refractivity contribution is 7.98. The van der Waals surface area contributed by atoms with Crippen molar-refractivity contribution in [2.24, 2.45) is 0 Å². The lowest BCUT2D eigenvalue weighted by molar-refractivity contribution is 0.0692. The summed E-state index contributed by atoms with van der Waals surface area (Å²) >= 11 is 1.52. The highest BCUT2D eigenvalue weighted by Gasteiger charge is 2.10. The molecule has 0 aliphatic carbocycles. The van der Waals surface area contributed by atoms with E-state index in [-0.39, 0.29) is 12.2 Å². The Hall–Kier alpha value is -1.85. The fourth-order valence-electron chi connectivity index (χ4n) is 1.68. The first kappa shape index (κ1) is 14.6. The normalized spacial score (nSPS) is 10.5. The zero-order valence-electron chi connectivity index (χ0n) is 10.5. The van der Waals surface area contributed by atoms with Crippen LogP contribution in [-0.4, -0.2) is 16.2 Å². The number of aromatic carboxylic acids is 1. The summed E-state index contributed by atoms with van der Waals surface area (Å²) in [5.74, 6) is -1.43. The Labute approximate surface area is 120 Å². The van der Waals surface area contributed by atoms with E-state index in [1.807, 2.05) is 24.3 Å². The Kier molecular flexibility index (Phi) is 4.76. The van der Waals surface area contributed by atoms with E-state index in [1.165, 1.54) is 23.9 Å². The second-order valence-electron chi connectivity index (χ2n) is 4.21. The second-order valence-corrected chi connectivity index (χ2v) is 5.26. The number of benzene rings is 2. The van der Waals surface area contributed by atoms with Crippen molar-refractivity contribution in [1.82, 2.24) is 0 Å². The van der Waals surface area contributed by atoms with Crippen LogP contribution in [0.1, 0.15) is 21.5 Å². The van der Waals surface area contributed by atoms with Crippen molar-refractivity contribution >= 4 is 17.7 Å². The molecular formula is C15H13FO3S. The minimum Gasteiger partial charge on any atom is -0.478 e. The Morgan fingerprint density at radius 2 is 1.75 bits per heavy atom. The van der Waals surface area contributed by atoms with Crippen LogP contribution in [0.25, 0.3) is 0 Å². The molecule has 0 heterocycles. The molecule has 0 saturated carbocycles. The Morgan fingerprint density at radius 1 is 1.10 bits per heavy atom. The first-order chi connectivity index (χ1) is 9.60. The molecule has 0 bridgehead atoms. The van der Waals surface area contributed by atoms with E-state index < -0.39 is 11.8 Å². The van der Waals surface area contributed by atoms with Gasteiger partial charge in [-0.2, -0.15) is 0 Å². The van der Waals surface area contributed by atoms with Crippen molar-refractivity contribution in [2.75, 3.05) is 0 Å². The summed E-state index contributed by atoms with van der Waals surface area (Å²) in [6.45, 7) is 0.00675. The fraction of sp³-hybridized carbons (Fsp3) is 0.133. The molecule has 2 aromatic rings. The molecule has 0 atom stereocenters. The third-order valence-electron chi connectivity index (χ3n) is 2.78. The smallest absolute Gasteiger partial charge is 0.338 e. The van der Waals surface area contributed by atoms with Gasteiger partial charge in [0, 0.05) is 10.6 Å². The van der Waals surface area contributed by atoms with Crippen LogP contribution in [0.5, 0.6) is 0 Å². The highest BCUT2D eigenvalue weighted by atomic mass is 32.2. The van der Waals surface area contributed by atoms with Gasteiger partial charge in [-0.15, -0.1) is 11.8 Å². The summed E-state index contributed by atoms with van der Waals surface area (Å²) in [6, 6.07) is 11.6. The number of aliphatic hydroxyl groups is 1. The van der Waals surface area contributed by atoms with E-state index in [0.717, 1.165) is 16.0 Å². The summed E-state index contributed by atoms with van der Waals surface area (Å²) in [4.78, 5) is 11.7. The van der Waals surface area contributed by atoms with E-state index in [2.05, 4.69) is 0 Å². The van der Waals surface area contributed by atoms with Gasteiger partial charge in [-0.1, -0.05) is 18.2 Å². The van der Waals surface area contributed by atoms with Crippen LogP contribution in [0.4, 0.5) is 4.39 Å². The number of halogens is 1. The van der Waals surface area contributed by atoms with Gasteiger partial charge in [-0.3, -0.25) is 0 Å². The first-order valence-corrected chi connectivity index (χ1v) is 6.93. The molecule has 0 radical (unpaired) electrons. The molecule has 5 heteroatoms. The summed E-state index contributed by atoms with van der Waals surface area (Å²) < 4.78 is 13.5. The zero-order valence-corrected chi connectivity index (χ0v) is 11.4. The van der Waals surface area contributed by atoms with Gasteiger partial charge in [-0.05, 0) is 35.4 Å². The molecule has 104 valence electrons. The SMILES string of the molecule is O=C(O)c1ccc(CSc2ccc(CO)cc2)cc1F. The monoisotopic (exact) mass is 292 g/mol. The predicted octanol–water partition coefficient (Wildman–Crippen LogP) is 3.31. The topological polar surface area (TPSA) is 57.5 Å². The number of hydrogen-bond donors (Lipinski definition) is 2. The van der Waals surface area contributed by atoms with E-state index >= 15 is 0 Å². The second kappa shape index (κ2) is 6.54. The molecular weight excluding hydrogens is 279 g/mol. The standard InChI is InChI=1S/C15H13FO3S/c16-14-7-11(3-6-13(14)15(18)19)9-20-12-4-1-10(8-17)2-5-12/h1-7,17H,8-9H2,(H,18,19). The van der Waals surface area contributed by atoms with Crippen LogP contribution in [0.2, 0.25) is 0 Å². The number of carbonyl (C=O) groups is 1. The number of rotatable bonds is 5. The van der Waals surface area contributed by atoms with Gasteiger partial charge in [0.2, 0.25) is 0 Å². The molecule has 0 aliphatic heterocycles. The lowest BCUT2D eigenvalue weighted by Gasteiger charge is -2.05. The van der Waals surface area contributed by atoms with Gasteiger partial charge in [0.25, 0.3) is 0 Å². The summed E-state index contributed by atoms with van der Waals surface area (Å²) in [5.41, 5.74) is 1.25. The highest BCUT2D eigenvalue weighted by Crippen LogP contribution is 2.24. The van der Waals surface area contributed by atoms with Crippen molar-refractivity contribution in [3.05, 3.63) is 65.0 Å². The number of aliphatic hydroxyl groups excluding tert-OH is 1. The number of carboxylic acid groups (broad SMARTS) is 1. The van der Waals surface area contributed by atoms with Crippen molar-refractivity contribution < 1.29 is 19.4 Å². The molecule has 2 rings (SSSR count). The van der Waals surface area contributed by atoms with Crippen molar-refractivity contribution in [1.29, 1.82) is 0 Å². The van der Waals surface area contributed by atoms with Gasteiger partial charge in [-0.25, -0.2) is 9.18 Å². The molecule has 0 unspecified atom stereocenters. The average molecular weight is 292 g/mol. The van der Waals surface area contributed by atoms with Crippen LogP contribution in [0.3, 0.4) is 0 Å². The van der Waals surface area contributed by atoms with Crippen LogP contribution in [0.15, 0.2) is 47.4 Å². The Balaban J connectivity index is 2.03. The van der Waals surface area contributed by atoms with Gasteiger partial charge < -0.3 is 10.2 Å². The molecule has 3 nitrogen and oxygen atoms in total. The maximum atomic E-state index is 13.5. The van der Waals surface area contributed by atoms with E-state index in [9.17, 15) is 9.18 Å². The van der Waals surface area contributed by atoms with Crippen LogP contribution in [-0.2, 0) is 12.4 Å². The number of carboxylic acids is 1. The van der Waals surface area contributed by atoms with Gasteiger partial charge in [0.1, 0.15) is 5.82 Å². The lowest BCUT2D eigenvalue weighted by Crippen LogP contribution is -2.00. The molecule has 0 spiro atoms. The quantitative estimate of drug-likeness (QED) is 0.830.